The molecule has 2 rings (SSSR count). The fourth-order valence-electron chi connectivity index (χ4n) is 2.67. The number of hydrogen-bond acceptors (Lipinski definition) is 4. The van der Waals surface area contributed by atoms with E-state index in [0.29, 0.717) is 19.8 Å². The van der Waals surface area contributed by atoms with Crippen LogP contribution >= 0.6 is 0 Å². The molecule has 0 bridgehead atoms. The Morgan fingerprint density at radius 3 is 2.72 bits per heavy atom. The molecule has 2 fully saturated rings. The van der Waals surface area contributed by atoms with Gasteiger partial charge < -0.3 is 20.1 Å². The third kappa shape index (κ3) is 3.67. The maximum absolute atomic E-state index is 12.3. The summed E-state index contributed by atoms with van der Waals surface area (Å²) in [6.07, 6.45) is 4.12. The Kier molecular flexibility index (Phi) is 5.41. The fraction of sp³-hybridized carbons (Fsp3) is 0.923. The molecule has 2 aliphatic rings. The Bertz CT molecular complexity index is 259. The third-order valence-electron chi connectivity index (χ3n) is 3.73. The quantitative estimate of drug-likeness (QED) is 0.790. The zero-order valence-electron chi connectivity index (χ0n) is 11.0. The molecule has 0 aromatic carbocycles. The third-order valence-corrected chi connectivity index (χ3v) is 3.73. The first-order valence-corrected chi connectivity index (χ1v) is 6.99. The van der Waals surface area contributed by atoms with Crippen molar-refractivity contribution >= 4 is 5.91 Å². The maximum atomic E-state index is 12.3. The number of likely N-dealkylation sites (tertiary alicyclic amines) is 1. The Balaban J connectivity index is 1.73. The predicted molar refractivity (Wildman–Crippen MR) is 68.2 cm³/mol. The van der Waals surface area contributed by atoms with E-state index in [2.05, 4.69) is 0 Å². The van der Waals surface area contributed by atoms with Gasteiger partial charge in [-0.05, 0) is 25.7 Å². The summed E-state index contributed by atoms with van der Waals surface area (Å²) in [6.45, 7) is 4.21. The molecule has 2 N–H and O–H groups in total. The molecule has 0 aromatic heterocycles. The fourth-order valence-corrected chi connectivity index (χ4v) is 2.67. The van der Waals surface area contributed by atoms with E-state index in [1.165, 1.54) is 0 Å². The lowest BCUT2D eigenvalue weighted by atomic mass is 9.98. The Labute approximate surface area is 109 Å². The summed E-state index contributed by atoms with van der Waals surface area (Å²) >= 11 is 0. The van der Waals surface area contributed by atoms with Crippen molar-refractivity contribution in [1.29, 1.82) is 0 Å². The van der Waals surface area contributed by atoms with E-state index in [-0.39, 0.29) is 17.9 Å². The number of hydrogen-bond donors (Lipinski definition) is 1. The van der Waals surface area contributed by atoms with Crippen molar-refractivity contribution < 1.29 is 14.3 Å². The van der Waals surface area contributed by atoms with Gasteiger partial charge >= 0.3 is 0 Å². The highest BCUT2D eigenvalue weighted by Crippen LogP contribution is 2.20. The number of carbonyl (C=O) groups excluding carboxylic acids is 1. The van der Waals surface area contributed by atoms with Crippen molar-refractivity contribution in [2.75, 3.05) is 39.5 Å². The first-order valence-electron chi connectivity index (χ1n) is 6.99. The molecule has 0 aliphatic carbocycles. The monoisotopic (exact) mass is 256 g/mol. The van der Waals surface area contributed by atoms with Crippen molar-refractivity contribution in [1.82, 2.24) is 4.90 Å². The SMILES string of the molecule is NCCOC1CCN(C(=O)C2CCCOC2)CC1. The molecule has 1 atom stereocenters. The summed E-state index contributed by atoms with van der Waals surface area (Å²) in [5.74, 6) is 0.354. The van der Waals surface area contributed by atoms with Crippen LogP contribution < -0.4 is 5.73 Å². The van der Waals surface area contributed by atoms with E-state index in [0.717, 1.165) is 45.4 Å². The van der Waals surface area contributed by atoms with E-state index in [9.17, 15) is 4.79 Å². The molecule has 1 unspecified atom stereocenters. The number of ether oxygens (including phenoxy) is 2. The molecule has 0 saturated carbocycles. The van der Waals surface area contributed by atoms with E-state index in [4.69, 9.17) is 15.2 Å². The minimum absolute atomic E-state index is 0.0836. The van der Waals surface area contributed by atoms with Crippen LogP contribution in [0.25, 0.3) is 0 Å². The van der Waals surface area contributed by atoms with Gasteiger partial charge in [0.1, 0.15) is 0 Å². The zero-order valence-corrected chi connectivity index (χ0v) is 11.0. The van der Waals surface area contributed by atoms with Crippen LogP contribution in [0.15, 0.2) is 0 Å². The minimum atomic E-state index is 0.0836. The second-order valence-corrected chi connectivity index (χ2v) is 5.10. The normalized spacial score (nSPS) is 26.3. The second kappa shape index (κ2) is 7.07. The van der Waals surface area contributed by atoms with Crippen molar-refractivity contribution in [2.45, 2.75) is 31.8 Å². The van der Waals surface area contributed by atoms with E-state index >= 15 is 0 Å². The van der Waals surface area contributed by atoms with Crippen LogP contribution in [0.2, 0.25) is 0 Å². The van der Waals surface area contributed by atoms with Crippen LogP contribution in [-0.4, -0.2) is 56.4 Å². The lowest BCUT2D eigenvalue weighted by Gasteiger charge is -2.35. The van der Waals surface area contributed by atoms with Gasteiger partial charge in [0, 0.05) is 26.2 Å². The number of piperidine rings is 1. The number of nitrogens with zero attached hydrogens (tertiary/aromatic N) is 1. The number of amides is 1. The van der Waals surface area contributed by atoms with Crippen molar-refractivity contribution in [2.24, 2.45) is 11.7 Å². The maximum Gasteiger partial charge on any atom is 0.228 e. The molecule has 2 saturated heterocycles. The smallest absolute Gasteiger partial charge is 0.228 e. The number of rotatable bonds is 4. The second-order valence-electron chi connectivity index (χ2n) is 5.10. The highest BCUT2D eigenvalue weighted by atomic mass is 16.5. The minimum Gasteiger partial charge on any atom is -0.381 e. The van der Waals surface area contributed by atoms with Crippen LogP contribution in [0.1, 0.15) is 25.7 Å². The van der Waals surface area contributed by atoms with Crippen LogP contribution in [0.4, 0.5) is 0 Å². The predicted octanol–water partition coefficient (Wildman–Crippen LogP) is 0.379. The summed E-state index contributed by atoms with van der Waals surface area (Å²) in [7, 11) is 0. The van der Waals surface area contributed by atoms with E-state index in [1.54, 1.807) is 0 Å². The molecule has 18 heavy (non-hydrogen) atoms. The summed E-state index contributed by atoms with van der Waals surface area (Å²) < 4.78 is 11.0. The average molecular weight is 256 g/mol. The van der Waals surface area contributed by atoms with E-state index < -0.39 is 0 Å². The molecular formula is C13H24N2O3. The molecule has 0 aromatic rings. The first kappa shape index (κ1) is 13.8. The highest BCUT2D eigenvalue weighted by Gasteiger charge is 2.29. The highest BCUT2D eigenvalue weighted by molar-refractivity contribution is 5.79. The van der Waals surface area contributed by atoms with Crippen LogP contribution in [0, 0.1) is 5.92 Å². The lowest BCUT2D eigenvalue weighted by molar-refractivity contribution is -0.142. The first-order chi connectivity index (χ1) is 8.81. The van der Waals surface area contributed by atoms with Crippen molar-refractivity contribution in [3.63, 3.8) is 0 Å². The average Bonchev–Trinajstić information content (AvgIpc) is 2.46. The summed E-state index contributed by atoms with van der Waals surface area (Å²) in [5, 5.41) is 0. The van der Waals surface area contributed by atoms with Gasteiger partial charge in [-0.1, -0.05) is 0 Å². The van der Waals surface area contributed by atoms with Gasteiger partial charge in [-0.3, -0.25) is 4.79 Å². The summed E-state index contributed by atoms with van der Waals surface area (Å²) in [6, 6.07) is 0. The lowest BCUT2D eigenvalue weighted by Crippen LogP contribution is -2.45. The molecule has 2 aliphatic heterocycles. The Hall–Kier alpha value is -0.650. The molecule has 1 amide bonds. The molecule has 5 heteroatoms. The summed E-state index contributed by atoms with van der Waals surface area (Å²) in [4.78, 5) is 14.2. The van der Waals surface area contributed by atoms with Crippen LogP contribution in [0.3, 0.4) is 0 Å². The number of carbonyl (C=O) groups is 1. The molecular weight excluding hydrogens is 232 g/mol. The van der Waals surface area contributed by atoms with Gasteiger partial charge in [0.2, 0.25) is 5.91 Å². The van der Waals surface area contributed by atoms with Crippen molar-refractivity contribution in [3.05, 3.63) is 0 Å². The van der Waals surface area contributed by atoms with Crippen LogP contribution in [0.5, 0.6) is 0 Å². The Morgan fingerprint density at radius 1 is 1.33 bits per heavy atom. The van der Waals surface area contributed by atoms with Gasteiger partial charge in [-0.2, -0.15) is 0 Å². The van der Waals surface area contributed by atoms with Gasteiger partial charge in [-0.25, -0.2) is 0 Å². The molecule has 0 spiro atoms. The molecule has 5 nitrogen and oxygen atoms in total. The molecule has 2 heterocycles. The molecule has 104 valence electrons. The topological polar surface area (TPSA) is 64.8 Å². The molecule has 0 radical (unpaired) electrons. The number of nitrogens with two attached hydrogens (primary N) is 1. The van der Waals surface area contributed by atoms with E-state index in [1.807, 2.05) is 4.90 Å². The zero-order chi connectivity index (χ0) is 12.8. The summed E-state index contributed by atoms with van der Waals surface area (Å²) in [5.41, 5.74) is 5.42. The van der Waals surface area contributed by atoms with Gasteiger partial charge in [-0.15, -0.1) is 0 Å². The largest absolute Gasteiger partial charge is 0.381 e. The Morgan fingerprint density at radius 2 is 2.11 bits per heavy atom. The van der Waals surface area contributed by atoms with Crippen LogP contribution in [-0.2, 0) is 14.3 Å². The van der Waals surface area contributed by atoms with Gasteiger partial charge in [0.25, 0.3) is 0 Å². The standard InChI is InChI=1S/C13H24N2O3/c14-5-9-18-12-3-6-15(7-4-12)13(16)11-2-1-8-17-10-11/h11-12H,1-10,14H2. The van der Waals surface area contributed by atoms with Gasteiger partial charge in [0.15, 0.2) is 0 Å². The van der Waals surface area contributed by atoms with Gasteiger partial charge in [0.05, 0.1) is 25.2 Å². The van der Waals surface area contributed by atoms with Crippen molar-refractivity contribution in [3.8, 4) is 0 Å².